The van der Waals surface area contributed by atoms with Crippen LogP contribution in [-0.4, -0.2) is 32.1 Å². The molecule has 0 aliphatic rings. The van der Waals surface area contributed by atoms with E-state index in [0.29, 0.717) is 6.54 Å². The smallest absolute Gasteiger partial charge is 0.0837 e. The molecule has 0 amide bonds. The predicted octanol–water partition coefficient (Wildman–Crippen LogP) is -1.36. The van der Waals surface area contributed by atoms with Gasteiger partial charge in [0.15, 0.2) is 0 Å². The van der Waals surface area contributed by atoms with E-state index in [2.05, 4.69) is 10.3 Å². The first-order valence-electron chi connectivity index (χ1n) is 7.78. The Morgan fingerprint density at radius 2 is 1.81 bits per heavy atom. The van der Waals surface area contributed by atoms with E-state index < -0.39 is 27.0 Å². The van der Waals surface area contributed by atoms with Crippen LogP contribution in [0.3, 0.4) is 0 Å². The zero-order chi connectivity index (χ0) is 20.0. The second-order valence-corrected chi connectivity index (χ2v) is 9.81. The number of aliphatic hydroxyl groups excluding tert-OH is 1. The van der Waals surface area contributed by atoms with Crippen LogP contribution >= 0.6 is 15.2 Å². The lowest BCUT2D eigenvalue weighted by Gasteiger charge is -2.48. The van der Waals surface area contributed by atoms with Crippen LogP contribution in [0.4, 0.5) is 0 Å². The fourth-order valence-corrected chi connectivity index (χ4v) is 4.27. The van der Waals surface area contributed by atoms with Gasteiger partial charge in [0, 0.05) is 18.0 Å². The van der Waals surface area contributed by atoms with Crippen LogP contribution in [0.25, 0.3) is 0 Å². The number of allylic oxidation sites excluding steroid dienone is 3. The number of aliphatic hydroxyl groups is 1. The fourth-order valence-electron chi connectivity index (χ4n) is 2.07. The van der Waals surface area contributed by atoms with Gasteiger partial charge >= 0.3 is 0 Å². The molecule has 0 aliphatic carbocycles. The number of aromatic nitrogens is 3. The third-order valence-electron chi connectivity index (χ3n) is 3.62. The maximum atomic E-state index is 11.0. The third-order valence-corrected chi connectivity index (χ3v) is 7.14. The highest BCUT2D eigenvalue weighted by Gasteiger charge is 2.19. The standard InChI is InChI=1S/C14H25N3O7P2/c1-11(4-3-5-12(2)10-18)6-7-17-9-13(15-16-17)8-14(25(19,20)21)26(22,23)24/h5-6,9,14,18H,3-4,7-8,10H2,1-2H3,(H2,19,20,21)(H2,22,23,24)/p-4/b11-6?,12-5+. The quantitative estimate of drug-likeness (QED) is 0.363. The number of hydrogen-bond donors (Lipinski definition) is 1. The molecule has 148 valence electrons. The average Bonchev–Trinajstić information content (AvgIpc) is 2.96. The Morgan fingerprint density at radius 3 is 2.35 bits per heavy atom. The van der Waals surface area contributed by atoms with Crippen molar-refractivity contribution in [1.29, 1.82) is 0 Å². The summed E-state index contributed by atoms with van der Waals surface area (Å²) >= 11 is 0. The van der Waals surface area contributed by atoms with Crippen molar-refractivity contribution in [2.24, 2.45) is 0 Å². The SMILES string of the molecule is CC(=CCn1cc(CC(P(=O)([O-])[O-])P(=O)([O-])[O-])nn1)CC/C=C(\C)CO. The Kier molecular flexibility index (Phi) is 8.56. The summed E-state index contributed by atoms with van der Waals surface area (Å²) in [6, 6.07) is 0. The molecular formula is C14H21N3O7P2-4. The summed E-state index contributed by atoms with van der Waals surface area (Å²) in [5, 5.41) is 13.7. The van der Waals surface area contributed by atoms with Gasteiger partial charge in [-0.2, -0.15) is 0 Å². The van der Waals surface area contributed by atoms with Crippen molar-refractivity contribution in [2.45, 2.75) is 45.1 Å². The van der Waals surface area contributed by atoms with E-state index >= 15 is 0 Å². The molecule has 0 aromatic carbocycles. The third kappa shape index (κ3) is 8.05. The first-order valence-corrected chi connectivity index (χ1v) is 11.0. The van der Waals surface area contributed by atoms with E-state index in [0.717, 1.165) is 24.0 Å². The highest BCUT2D eigenvalue weighted by atomic mass is 31.2. The van der Waals surface area contributed by atoms with Gasteiger partial charge in [0.2, 0.25) is 0 Å². The lowest BCUT2D eigenvalue weighted by Crippen LogP contribution is -2.35. The first kappa shape index (κ1) is 22.9. The largest absolute Gasteiger partial charge is 0.810 e. The molecule has 1 rings (SSSR count). The molecule has 0 aliphatic heterocycles. The lowest BCUT2D eigenvalue weighted by atomic mass is 10.1. The highest BCUT2D eigenvalue weighted by Crippen LogP contribution is 2.51. The van der Waals surface area contributed by atoms with Crippen molar-refractivity contribution in [3.8, 4) is 0 Å². The molecule has 1 heterocycles. The van der Waals surface area contributed by atoms with E-state index in [-0.39, 0.29) is 12.3 Å². The molecule has 1 aromatic rings. The van der Waals surface area contributed by atoms with Gasteiger partial charge in [-0.15, -0.1) is 5.10 Å². The molecule has 0 unspecified atom stereocenters. The lowest BCUT2D eigenvalue weighted by molar-refractivity contribution is -0.329. The second-order valence-electron chi connectivity index (χ2n) is 5.99. The van der Waals surface area contributed by atoms with Crippen LogP contribution < -0.4 is 19.6 Å². The summed E-state index contributed by atoms with van der Waals surface area (Å²) in [4.78, 5) is 44.0. The maximum Gasteiger partial charge on any atom is 0.0837 e. The van der Waals surface area contributed by atoms with Crippen molar-refractivity contribution in [3.05, 3.63) is 35.2 Å². The monoisotopic (exact) mass is 405 g/mol. The van der Waals surface area contributed by atoms with E-state index in [1.165, 1.54) is 10.9 Å². The zero-order valence-electron chi connectivity index (χ0n) is 14.5. The van der Waals surface area contributed by atoms with Gasteiger partial charge in [0.25, 0.3) is 0 Å². The van der Waals surface area contributed by atoms with E-state index in [1.807, 2.05) is 26.0 Å². The van der Waals surface area contributed by atoms with Gasteiger partial charge in [0.1, 0.15) is 0 Å². The van der Waals surface area contributed by atoms with Crippen molar-refractivity contribution >= 4 is 15.2 Å². The zero-order valence-corrected chi connectivity index (χ0v) is 16.3. The molecule has 0 radical (unpaired) electrons. The summed E-state index contributed by atoms with van der Waals surface area (Å²) < 4.78 is 23.3. The molecule has 0 fully saturated rings. The number of hydrogen-bond acceptors (Lipinski definition) is 9. The maximum absolute atomic E-state index is 11.0. The summed E-state index contributed by atoms with van der Waals surface area (Å²) in [7, 11) is -11.2. The van der Waals surface area contributed by atoms with Gasteiger partial charge in [-0.1, -0.05) is 43.7 Å². The summed E-state index contributed by atoms with van der Waals surface area (Å²) in [6.07, 6.45) is 5.80. The first-order chi connectivity index (χ1) is 11.9. The van der Waals surface area contributed by atoms with Crippen LogP contribution in [0.5, 0.6) is 0 Å². The van der Waals surface area contributed by atoms with Gasteiger partial charge in [-0.05, 0) is 26.7 Å². The van der Waals surface area contributed by atoms with Gasteiger partial charge in [-0.3, -0.25) is 0 Å². The Hall–Kier alpha value is -1.12. The van der Waals surface area contributed by atoms with Crippen molar-refractivity contribution in [3.63, 3.8) is 0 Å². The van der Waals surface area contributed by atoms with Crippen LogP contribution in [0.2, 0.25) is 0 Å². The molecule has 26 heavy (non-hydrogen) atoms. The molecule has 0 saturated carbocycles. The molecule has 12 heteroatoms. The predicted molar refractivity (Wildman–Crippen MR) is 86.6 cm³/mol. The Bertz CT molecular complexity index is 725. The molecular weight excluding hydrogens is 384 g/mol. The van der Waals surface area contributed by atoms with E-state index in [4.69, 9.17) is 5.11 Å². The molecule has 0 saturated heterocycles. The van der Waals surface area contributed by atoms with Crippen LogP contribution in [-0.2, 0) is 22.1 Å². The normalized spacial score (nSPS) is 14.3. The van der Waals surface area contributed by atoms with Gasteiger partial charge < -0.3 is 33.8 Å². The second kappa shape index (κ2) is 9.71. The molecule has 1 aromatic heterocycles. The van der Waals surface area contributed by atoms with Crippen LogP contribution in [0.1, 0.15) is 32.4 Å². The van der Waals surface area contributed by atoms with Gasteiger partial charge in [-0.25, -0.2) is 4.68 Å². The van der Waals surface area contributed by atoms with Crippen molar-refractivity contribution < 1.29 is 33.8 Å². The van der Waals surface area contributed by atoms with E-state index in [9.17, 15) is 28.7 Å². The molecule has 1 N–H and O–H groups in total. The topological polar surface area (TPSA) is 177 Å². The van der Waals surface area contributed by atoms with Crippen molar-refractivity contribution in [2.75, 3.05) is 6.61 Å². The Morgan fingerprint density at radius 1 is 1.19 bits per heavy atom. The number of rotatable bonds is 10. The molecule has 0 atom stereocenters. The van der Waals surface area contributed by atoms with Gasteiger partial charge in [0.05, 0.1) is 18.8 Å². The summed E-state index contributed by atoms with van der Waals surface area (Å²) in [5.74, 6) is 0. The number of nitrogens with zero attached hydrogens (tertiary/aromatic N) is 3. The minimum absolute atomic E-state index is 0.0186. The molecule has 0 spiro atoms. The summed E-state index contributed by atoms with van der Waals surface area (Å²) in [5.41, 5.74) is 1.87. The minimum Gasteiger partial charge on any atom is -0.810 e. The highest BCUT2D eigenvalue weighted by molar-refractivity contribution is 7.68. The van der Waals surface area contributed by atoms with Crippen LogP contribution in [0.15, 0.2) is 29.5 Å². The average molecular weight is 405 g/mol. The molecule has 0 bridgehead atoms. The fraction of sp³-hybridized carbons (Fsp3) is 0.571. The van der Waals surface area contributed by atoms with Crippen LogP contribution in [0, 0.1) is 0 Å². The minimum atomic E-state index is -5.61. The molecule has 10 nitrogen and oxygen atoms in total. The van der Waals surface area contributed by atoms with E-state index in [1.54, 1.807) is 0 Å². The van der Waals surface area contributed by atoms with Crippen molar-refractivity contribution in [1.82, 2.24) is 15.0 Å². The Labute approximate surface area is 151 Å². The Balaban J connectivity index is 2.69. The summed E-state index contributed by atoms with van der Waals surface area (Å²) in [6.45, 7) is 4.07.